The number of hydrogen-bond donors (Lipinski definition) is 2. The maximum atomic E-state index is 13.2. The van der Waals surface area contributed by atoms with E-state index in [-0.39, 0.29) is 18.4 Å². The molecule has 0 bridgehead atoms. The van der Waals surface area contributed by atoms with Gasteiger partial charge < -0.3 is 38.6 Å². The van der Waals surface area contributed by atoms with E-state index in [9.17, 15) is 34.2 Å². The Morgan fingerprint density at radius 1 is 1.00 bits per heavy atom. The molecule has 1 saturated carbocycles. The van der Waals surface area contributed by atoms with E-state index >= 15 is 0 Å². The van der Waals surface area contributed by atoms with Crippen molar-refractivity contribution in [1.82, 2.24) is 0 Å². The lowest BCUT2D eigenvalue weighted by Gasteiger charge is -2.57. The van der Waals surface area contributed by atoms with E-state index in [1.165, 1.54) is 26.8 Å². The fourth-order valence-corrected chi connectivity index (χ4v) is 7.48. The number of hydrogen-bond acceptors (Lipinski definition) is 13. The first kappa shape index (κ1) is 32.9. The smallest absolute Gasteiger partial charge is 0.342 e. The summed E-state index contributed by atoms with van der Waals surface area (Å²) in [5, 5.41) is 23.6. The van der Waals surface area contributed by atoms with Crippen LogP contribution in [-0.2, 0) is 52.4 Å². The van der Waals surface area contributed by atoms with E-state index in [1.54, 1.807) is 27.7 Å². The first-order valence-corrected chi connectivity index (χ1v) is 14.6. The van der Waals surface area contributed by atoms with Gasteiger partial charge in [-0.05, 0) is 37.8 Å². The number of aliphatic hydroxyl groups excluding tert-OH is 2. The van der Waals surface area contributed by atoms with Crippen LogP contribution in [0.4, 0.5) is 0 Å². The Morgan fingerprint density at radius 2 is 1.60 bits per heavy atom. The minimum atomic E-state index is -1.72. The number of carbonyl (C=O) groups is 5. The third-order valence-electron chi connectivity index (χ3n) is 9.64. The zero-order valence-electron chi connectivity index (χ0n) is 25.8. The van der Waals surface area contributed by atoms with Gasteiger partial charge in [-0.1, -0.05) is 20.8 Å². The molecule has 2 N–H and O–H groups in total. The van der Waals surface area contributed by atoms with Gasteiger partial charge in [0.2, 0.25) is 0 Å². The monoisotopic (exact) mass is 610 g/mol. The Hall–Kier alpha value is -3.03. The molecule has 4 rings (SSSR count). The molecule has 13 heteroatoms. The molecule has 2 aliphatic heterocycles. The van der Waals surface area contributed by atoms with Crippen molar-refractivity contribution < 1.29 is 62.6 Å². The molecule has 2 saturated heterocycles. The molecule has 0 amide bonds. The van der Waals surface area contributed by atoms with Gasteiger partial charge in [0.15, 0.2) is 29.5 Å². The SMILES string of the molecule is CCCC(=O)O[C@@H]1/C(C)=C\[C@@H]2OC(=O)[C@@]3(C)O[C@]23[C@@H](OC(C)=O)[C@H]2[C@@H](C)[C@@H](O)C[C@H](OC(C)=O)[C@]2(C)[C@@H](O)[C@H]1OC(C)=O. The molecule has 13 nitrogen and oxygen atoms in total. The summed E-state index contributed by atoms with van der Waals surface area (Å²) in [6.45, 7) is 11.6. The topological polar surface area (TPSA) is 184 Å². The van der Waals surface area contributed by atoms with Gasteiger partial charge in [0.05, 0.1) is 6.10 Å². The molecule has 2 heterocycles. The van der Waals surface area contributed by atoms with Crippen molar-refractivity contribution in [3.8, 4) is 0 Å². The molecule has 2 aliphatic carbocycles. The van der Waals surface area contributed by atoms with Gasteiger partial charge in [-0.3, -0.25) is 19.2 Å². The van der Waals surface area contributed by atoms with Crippen molar-refractivity contribution >= 4 is 29.8 Å². The molecular formula is C30H42O13. The van der Waals surface area contributed by atoms with Gasteiger partial charge in [-0.25, -0.2) is 4.79 Å². The van der Waals surface area contributed by atoms with Crippen LogP contribution in [0, 0.1) is 17.3 Å². The number of epoxide rings is 1. The van der Waals surface area contributed by atoms with E-state index in [1.807, 2.05) is 0 Å². The fraction of sp³-hybridized carbons (Fsp3) is 0.767. The van der Waals surface area contributed by atoms with Gasteiger partial charge in [-0.15, -0.1) is 0 Å². The maximum absolute atomic E-state index is 13.2. The predicted octanol–water partition coefficient (Wildman–Crippen LogP) is 1.29. The highest BCUT2D eigenvalue weighted by Gasteiger charge is 2.87. The number of ether oxygens (including phenoxy) is 6. The largest absolute Gasteiger partial charge is 0.462 e. The maximum Gasteiger partial charge on any atom is 0.342 e. The number of esters is 5. The number of fused-ring (bicyclic) bond motifs is 1. The van der Waals surface area contributed by atoms with Crippen LogP contribution in [0.2, 0.25) is 0 Å². The van der Waals surface area contributed by atoms with Gasteiger partial charge >= 0.3 is 29.8 Å². The minimum absolute atomic E-state index is 0.0317. The van der Waals surface area contributed by atoms with E-state index in [2.05, 4.69) is 0 Å². The van der Waals surface area contributed by atoms with Crippen molar-refractivity contribution in [3.63, 3.8) is 0 Å². The molecule has 1 spiro atoms. The second-order valence-corrected chi connectivity index (χ2v) is 12.5. The highest BCUT2D eigenvalue weighted by molar-refractivity contribution is 5.89. The lowest BCUT2D eigenvalue weighted by atomic mass is 9.52. The van der Waals surface area contributed by atoms with Crippen molar-refractivity contribution in [3.05, 3.63) is 11.6 Å². The van der Waals surface area contributed by atoms with Crippen LogP contribution in [0.5, 0.6) is 0 Å². The first-order valence-electron chi connectivity index (χ1n) is 14.6. The van der Waals surface area contributed by atoms with Crippen LogP contribution in [0.25, 0.3) is 0 Å². The summed E-state index contributed by atoms with van der Waals surface area (Å²) in [5.74, 6) is -5.42. The third-order valence-corrected chi connectivity index (χ3v) is 9.64. The molecular weight excluding hydrogens is 568 g/mol. The molecule has 0 aromatic rings. The summed E-state index contributed by atoms with van der Waals surface area (Å²) in [7, 11) is 0. The second kappa shape index (κ2) is 11.5. The van der Waals surface area contributed by atoms with Crippen LogP contribution in [-0.4, -0.2) is 94.0 Å². The summed E-state index contributed by atoms with van der Waals surface area (Å²) in [5.41, 5.74) is -4.55. The van der Waals surface area contributed by atoms with Crippen LogP contribution in [0.3, 0.4) is 0 Å². The molecule has 3 fully saturated rings. The van der Waals surface area contributed by atoms with Gasteiger partial charge in [-0.2, -0.15) is 0 Å². The molecule has 4 aliphatic rings. The fourth-order valence-electron chi connectivity index (χ4n) is 7.48. The second-order valence-electron chi connectivity index (χ2n) is 12.5. The predicted molar refractivity (Wildman–Crippen MR) is 145 cm³/mol. The van der Waals surface area contributed by atoms with Crippen molar-refractivity contribution in [2.24, 2.45) is 17.3 Å². The van der Waals surface area contributed by atoms with Gasteiger partial charge in [0.25, 0.3) is 0 Å². The quantitative estimate of drug-likeness (QED) is 0.190. The Balaban J connectivity index is 2.06. The van der Waals surface area contributed by atoms with Crippen LogP contribution in [0.1, 0.15) is 74.7 Å². The zero-order chi connectivity index (χ0) is 32.2. The zero-order valence-corrected chi connectivity index (χ0v) is 25.8. The van der Waals surface area contributed by atoms with E-state index in [0.29, 0.717) is 6.42 Å². The molecule has 240 valence electrons. The standard InChI is InChI=1S/C30H42O13/c1-9-10-21(35)42-23-13(2)11-20-30(29(8,43-30)27(37)41-20)26(40-17(6)33)22-14(3)18(34)12-19(38-15(4)31)28(22,7)25(36)24(23)39-16(5)32/h11,14,18-20,22-26,34,36H,9-10,12H2,1-8H3/b13-11-/t14-,18-,19-,20-,22+,23+,24-,25-,26-,28-,29+,30-/m0/s1. The molecule has 43 heavy (non-hydrogen) atoms. The van der Waals surface area contributed by atoms with Crippen LogP contribution >= 0.6 is 0 Å². The average Bonchev–Trinajstić information content (AvgIpc) is 3.48. The summed E-state index contributed by atoms with van der Waals surface area (Å²) in [4.78, 5) is 63.6. The Labute approximate surface area is 250 Å². The van der Waals surface area contributed by atoms with Crippen molar-refractivity contribution in [1.29, 1.82) is 0 Å². The highest BCUT2D eigenvalue weighted by Crippen LogP contribution is 2.65. The Kier molecular flexibility index (Phi) is 8.77. The number of carbonyl (C=O) groups excluding carboxylic acids is 5. The lowest BCUT2D eigenvalue weighted by Crippen LogP contribution is -2.68. The normalized spacial score (nSPS) is 44.7. The van der Waals surface area contributed by atoms with Crippen molar-refractivity contribution in [2.45, 2.75) is 129 Å². The van der Waals surface area contributed by atoms with Crippen LogP contribution < -0.4 is 0 Å². The van der Waals surface area contributed by atoms with Crippen LogP contribution in [0.15, 0.2) is 11.6 Å². The third kappa shape index (κ3) is 5.22. The summed E-state index contributed by atoms with van der Waals surface area (Å²) in [6.07, 6.45) is -7.59. The summed E-state index contributed by atoms with van der Waals surface area (Å²) >= 11 is 0. The number of rotatable bonds is 6. The first-order chi connectivity index (χ1) is 19.9. The molecule has 12 atom stereocenters. The Morgan fingerprint density at radius 3 is 2.14 bits per heavy atom. The summed E-state index contributed by atoms with van der Waals surface area (Å²) in [6, 6.07) is 0. The van der Waals surface area contributed by atoms with E-state index in [0.717, 1.165) is 6.92 Å². The van der Waals surface area contributed by atoms with E-state index < -0.39 is 101 Å². The van der Waals surface area contributed by atoms with E-state index in [4.69, 9.17) is 28.4 Å². The Bertz CT molecular complexity index is 1210. The lowest BCUT2D eigenvalue weighted by molar-refractivity contribution is -0.246. The molecule has 0 radical (unpaired) electrons. The summed E-state index contributed by atoms with van der Waals surface area (Å²) < 4.78 is 35.1. The average molecular weight is 611 g/mol. The van der Waals surface area contributed by atoms with Gasteiger partial charge in [0, 0.05) is 44.9 Å². The minimum Gasteiger partial charge on any atom is -0.462 e. The van der Waals surface area contributed by atoms with Crippen molar-refractivity contribution in [2.75, 3.05) is 0 Å². The highest BCUT2D eigenvalue weighted by atomic mass is 16.7. The van der Waals surface area contributed by atoms with Gasteiger partial charge in [0.1, 0.15) is 18.3 Å². The molecule has 0 aromatic carbocycles. The molecule has 0 aromatic heterocycles. The number of aliphatic hydroxyl groups is 2. The molecule has 0 unspecified atom stereocenters.